The average Bonchev–Trinajstić information content (AvgIpc) is 2.29. The monoisotopic (exact) mass is 236 g/mol. The molecule has 0 aliphatic heterocycles. The molecule has 5 heteroatoms. The summed E-state index contributed by atoms with van der Waals surface area (Å²) >= 11 is 0. The molecular formula is C12H16N2O3. The van der Waals surface area contributed by atoms with Gasteiger partial charge in [0.2, 0.25) is 5.91 Å². The number of carbonyl (C=O) groups is 2. The van der Waals surface area contributed by atoms with E-state index in [1.54, 1.807) is 31.5 Å². The Hall–Kier alpha value is -1.91. The number of nitrogens with one attached hydrogen (secondary N) is 1. The van der Waals surface area contributed by atoms with Crippen molar-refractivity contribution in [2.24, 2.45) is 0 Å². The lowest BCUT2D eigenvalue weighted by Crippen LogP contribution is -2.42. The van der Waals surface area contributed by atoms with Crippen LogP contribution in [0, 0.1) is 0 Å². The Bertz CT molecular complexity index is 379. The lowest BCUT2D eigenvalue weighted by Gasteiger charge is -2.16. The zero-order valence-electron chi connectivity index (χ0n) is 9.97. The van der Waals surface area contributed by atoms with Gasteiger partial charge < -0.3 is 10.1 Å². The van der Waals surface area contributed by atoms with Crippen LogP contribution in [-0.2, 0) is 20.7 Å². The van der Waals surface area contributed by atoms with Gasteiger partial charge in [-0.05, 0) is 24.6 Å². The molecule has 1 aromatic heterocycles. The summed E-state index contributed by atoms with van der Waals surface area (Å²) in [5.41, 5.74) is 0.923. The Balaban J connectivity index is 2.70. The molecule has 0 unspecified atom stereocenters. The van der Waals surface area contributed by atoms with Crippen LogP contribution in [-0.4, -0.2) is 29.5 Å². The predicted octanol–water partition coefficient (Wildman–Crippen LogP) is 0.692. The molecule has 0 aromatic carbocycles. The normalized spacial score (nSPS) is 11.6. The summed E-state index contributed by atoms with van der Waals surface area (Å²) in [6.45, 7) is 3.40. The van der Waals surface area contributed by atoms with Gasteiger partial charge in [0.15, 0.2) is 0 Å². The largest absolute Gasteiger partial charge is 0.464 e. The van der Waals surface area contributed by atoms with Gasteiger partial charge in [-0.15, -0.1) is 0 Å². The third-order valence-electron chi connectivity index (χ3n) is 2.14. The number of hydrogen-bond acceptors (Lipinski definition) is 4. The van der Waals surface area contributed by atoms with Crippen molar-refractivity contribution in [1.82, 2.24) is 10.3 Å². The lowest BCUT2D eigenvalue weighted by molar-refractivity contribution is -0.147. The molecule has 1 aromatic rings. The second-order valence-corrected chi connectivity index (χ2v) is 3.56. The van der Waals surface area contributed by atoms with Crippen molar-refractivity contribution in [3.63, 3.8) is 0 Å². The van der Waals surface area contributed by atoms with E-state index < -0.39 is 12.0 Å². The van der Waals surface area contributed by atoms with E-state index >= 15 is 0 Å². The van der Waals surface area contributed by atoms with Crippen molar-refractivity contribution >= 4 is 11.9 Å². The number of aromatic nitrogens is 1. The highest BCUT2D eigenvalue weighted by Crippen LogP contribution is 2.03. The number of amides is 1. The fraction of sp³-hybridized carbons (Fsp3) is 0.417. The van der Waals surface area contributed by atoms with Crippen molar-refractivity contribution in [3.8, 4) is 0 Å². The third-order valence-corrected chi connectivity index (χ3v) is 2.14. The number of hydrogen-bond donors (Lipinski definition) is 1. The molecular weight excluding hydrogens is 220 g/mol. The van der Waals surface area contributed by atoms with Crippen molar-refractivity contribution < 1.29 is 14.3 Å². The molecule has 0 bridgehead atoms. The van der Waals surface area contributed by atoms with Crippen molar-refractivity contribution in [1.29, 1.82) is 0 Å². The van der Waals surface area contributed by atoms with E-state index in [1.165, 1.54) is 6.92 Å². The first kappa shape index (κ1) is 13.2. The van der Waals surface area contributed by atoms with Crippen LogP contribution in [0.5, 0.6) is 0 Å². The molecule has 5 nitrogen and oxygen atoms in total. The molecule has 0 spiro atoms. The summed E-state index contributed by atoms with van der Waals surface area (Å²) in [5, 5.41) is 2.58. The van der Waals surface area contributed by atoms with Crippen molar-refractivity contribution in [3.05, 3.63) is 30.1 Å². The summed E-state index contributed by atoms with van der Waals surface area (Å²) in [6, 6.07) is 2.96. The van der Waals surface area contributed by atoms with Crippen molar-refractivity contribution in [2.75, 3.05) is 6.61 Å². The fourth-order valence-electron chi connectivity index (χ4n) is 1.44. The van der Waals surface area contributed by atoms with Gasteiger partial charge >= 0.3 is 5.97 Å². The molecule has 1 amide bonds. The molecule has 0 saturated carbocycles. The van der Waals surface area contributed by atoms with Crippen LogP contribution >= 0.6 is 0 Å². The standard InChI is InChI=1S/C12H16N2O3/c1-3-17-12(16)11(14-9(2)15)8-10-4-6-13-7-5-10/h4-7,11H,3,8H2,1-2H3,(H,14,15)/t11-/m1/s1. The molecule has 0 aliphatic rings. The molecule has 0 fully saturated rings. The topological polar surface area (TPSA) is 68.3 Å². The van der Waals surface area contributed by atoms with Crippen LogP contribution in [0.1, 0.15) is 19.4 Å². The highest BCUT2D eigenvalue weighted by atomic mass is 16.5. The van der Waals surface area contributed by atoms with Gasteiger partial charge in [0.05, 0.1) is 6.61 Å². The van der Waals surface area contributed by atoms with E-state index in [9.17, 15) is 9.59 Å². The Morgan fingerprint density at radius 3 is 2.59 bits per heavy atom. The van der Waals surface area contributed by atoms with Crippen LogP contribution in [0.25, 0.3) is 0 Å². The minimum Gasteiger partial charge on any atom is -0.464 e. The molecule has 1 heterocycles. The Morgan fingerprint density at radius 1 is 1.41 bits per heavy atom. The maximum absolute atomic E-state index is 11.6. The first-order chi connectivity index (χ1) is 8.13. The van der Waals surface area contributed by atoms with Gasteiger partial charge in [0, 0.05) is 25.7 Å². The van der Waals surface area contributed by atoms with Gasteiger partial charge in [0.1, 0.15) is 6.04 Å². The van der Waals surface area contributed by atoms with Gasteiger partial charge in [-0.1, -0.05) is 0 Å². The zero-order chi connectivity index (χ0) is 12.7. The smallest absolute Gasteiger partial charge is 0.328 e. The molecule has 17 heavy (non-hydrogen) atoms. The van der Waals surface area contributed by atoms with E-state index in [0.29, 0.717) is 13.0 Å². The number of carbonyl (C=O) groups excluding carboxylic acids is 2. The summed E-state index contributed by atoms with van der Waals surface area (Å²) in [4.78, 5) is 26.5. The summed E-state index contributed by atoms with van der Waals surface area (Å²) in [7, 11) is 0. The number of pyridine rings is 1. The van der Waals surface area contributed by atoms with Crippen LogP contribution in [0.15, 0.2) is 24.5 Å². The molecule has 92 valence electrons. The molecule has 1 atom stereocenters. The van der Waals surface area contributed by atoms with Crippen LogP contribution in [0.4, 0.5) is 0 Å². The zero-order valence-corrected chi connectivity index (χ0v) is 9.97. The van der Waals surface area contributed by atoms with Crippen LogP contribution in [0.2, 0.25) is 0 Å². The number of nitrogens with zero attached hydrogens (tertiary/aromatic N) is 1. The SMILES string of the molecule is CCOC(=O)[C@@H](Cc1ccncc1)NC(C)=O. The molecule has 0 aliphatic carbocycles. The third kappa shape index (κ3) is 4.63. The summed E-state index contributed by atoms with van der Waals surface area (Å²) in [5.74, 6) is -0.670. The fourth-order valence-corrected chi connectivity index (χ4v) is 1.44. The number of rotatable bonds is 5. The molecule has 1 N–H and O–H groups in total. The lowest BCUT2D eigenvalue weighted by atomic mass is 10.1. The number of esters is 1. The first-order valence-corrected chi connectivity index (χ1v) is 5.46. The van der Waals surface area contributed by atoms with Gasteiger partial charge in [-0.25, -0.2) is 4.79 Å². The van der Waals surface area contributed by atoms with Gasteiger partial charge in [-0.2, -0.15) is 0 Å². The van der Waals surface area contributed by atoms with E-state index in [2.05, 4.69) is 10.3 Å². The van der Waals surface area contributed by atoms with Crippen molar-refractivity contribution in [2.45, 2.75) is 26.3 Å². The van der Waals surface area contributed by atoms with Crippen LogP contribution < -0.4 is 5.32 Å². The molecule has 0 radical (unpaired) electrons. The van der Waals surface area contributed by atoms with E-state index in [0.717, 1.165) is 5.56 Å². The Morgan fingerprint density at radius 2 is 2.06 bits per heavy atom. The second kappa shape index (κ2) is 6.62. The molecule has 1 rings (SSSR count). The minimum atomic E-state index is -0.644. The van der Waals surface area contributed by atoms with E-state index in [1.807, 2.05) is 0 Å². The highest BCUT2D eigenvalue weighted by Gasteiger charge is 2.20. The van der Waals surface area contributed by atoms with Gasteiger partial charge in [-0.3, -0.25) is 9.78 Å². The highest BCUT2D eigenvalue weighted by molar-refractivity contribution is 5.83. The summed E-state index contributed by atoms with van der Waals surface area (Å²) < 4.78 is 4.91. The quantitative estimate of drug-likeness (QED) is 0.764. The second-order valence-electron chi connectivity index (χ2n) is 3.56. The van der Waals surface area contributed by atoms with Crippen LogP contribution in [0.3, 0.4) is 0 Å². The Labute approximate surface area is 100 Å². The summed E-state index contributed by atoms with van der Waals surface area (Å²) in [6.07, 6.45) is 3.69. The van der Waals surface area contributed by atoms with E-state index in [-0.39, 0.29) is 5.91 Å². The molecule has 0 saturated heterocycles. The van der Waals surface area contributed by atoms with E-state index in [4.69, 9.17) is 4.74 Å². The Kier molecular flexibility index (Phi) is 5.13. The number of ether oxygens (including phenoxy) is 1. The first-order valence-electron chi connectivity index (χ1n) is 5.46. The average molecular weight is 236 g/mol. The maximum Gasteiger partial charge on any atom is 0.328 e. The van der Waals surface area contributed by atoms with Gasteiger partial charge in [0.25, 0.3) is 0 Å². The minimum absolute atomic E-state index is 0.253. The predicted molar refractivity (Wildman–Crippen MR) is 62.2 cm³/mol. The maximum atomic E-state index is 11.6.